The third-order valence-electron chi connectivity index (χ3n) is 5.49. The van der Waals surface area contributed by atoms with Gasteiger partial charge >= 0.3 is 0 Å². The van der Waals surface area contributed by atoms with Crippen LogP contribution in [-0.2, 0) is 0 Å². The average molecular weight is 482 g/mol. The smallest absolute Gasteiger partial charge is 0.271 e. The number of hydrogen-bond acceptors (Lipinski definition) is 6. The van der Waals surface area contributed by atoms with Gasteiger partial charge in [0.1, 0.15) is 0 Å². The summed E-state index contributed by atoms with van der Waals surface area (Å²) in [6.45, 7) is 0. The summed E-state index contributed by atoms with van der Waals surface area (Å²) in [5, 5.41) is 4.11. The minimum atomic E-state index is -0.401. The lowest BCUT2D eigenvalue weighted by Gasteiger charge is -2.25. The van der Waals surface area contributed by atoms with Crippen molar-refractivity contribution in [3.05, 3.63) is 108 Å². The zero-order valence-corrected chi connectivity index (χ0v) is 20.3. The lowest BCUT2D eigenvalue weighted by Crippen LogP contribution is -2.18. The van der Waals surface area contributed by atoms with Crippen LogP contribution in [0.15, 0.2) is 102 Å². The van der Waals surface area contributed by atoms with E-state index in [1.165, 1.54) is 21.3 Å². The van der Waals surface area contributed by atoms with Crippen molar-refractivity contribution >= 4 is 29.2 Å². The highest BCUT2D eigenvalue weighted by molar-refractivity contribution is 5.96. The summed E-state index contributed by atoms with van der Waals surface area (Å²) in [7, 11) is 4.50. The van der Waals surface area contributed by atoms with E-state index in [2.05, 4.69) is 39.7 Å². The van der Waals surface area contributed by atoms with Crippen LogP contribution in [0.1, 0.15) is 15.9 Å². The fraction of sp³-hybridized carbons (Fsp3) is 0.103. The summed E-state index contributed by atoms with van der Waals surface area (Å²) in [6, 6.07) is 31.4. The van der Waals surface area contributed by atoms with E-state index in [0.29, 0.717) is 22.8 Å². The molecule has 4 aromatic carbocycles. The Kier molecular flexibility index (Phi) is 7.83. The quantitative estimate of drug-likeness (QED) is 0.236. The molecular formula is C29H27N3O4. The minimum absolute atomic E-state index is 0.332. The molecule has 4 rings (SSSR count). The summed E-state index contributed by atoms with van der Waals surface area (Å²) in [5.41, 5.74) is 6.84. The van der Waals surface area contributed by atoms with Crippen LogP contribution in [0.2, 0.25) is 0 Å². The van der Waals surface area contributed by atoms with Crippen LogP contribution in [-0.4, -0.2) is 33.5 Å². The first-order valence-electron chi connectivity index (χ1n) is 11.3. The predicted octanol–water partition coefficient (Wildman–Crippen LogP) is 5.95. The minimum Gasteiger partial charge on any atom is -0.493 e. The predicted molar refractivity (Wildman–Crippen MR) is 142 cm³/mol. The van der Waals surface area contributed by atoms with E-state index in [0.717, 1.165) is 22.6 Å². The Balaban J connectivity index is 1.50. The van der Waals surface area contributed by atoms with E-state index in [9.17, 15) is 4.79 Å². The lowest BCUT2D eigenvalue weighted by atomic mass is 10.1. The molecule has 0 radical (unpaired) electrons. The van der Waals surface area contributed by atoms with Crippen molar-refractivity contribution in [1.82, 2.24) is 5.43 Å². The number of ether oxygens (including phenoxy) is 3. The van der Waals surface area contributed by atoms with Crippen molar-refractivity contribution < 1.29 is 19.0 Å². The maximum Gasteiger partial charge on any atom is 0.271 e. The highest BCUT2D eigenvalue weighted by atomic mass is 16.5. The van der Waals surface area contributed by atoms with E-state index in [1.54, 1.807) is 18.3 Å². The molecule has 0 aliphatic rings. The van der Waals surface area contributed by atoms with Crippen molar-refractivity contribution in [2.45, 2.75) is 0 Å². The number of nitrogens with one attached hydrogen (secondary N) is 1. The zero-order valence-electron chi connectivity index (χ0n) is 20.3. The standard InChI is InChI=1S/C29H27N3O4/c1-34-26-18-22(19-27(35-2)28(26)36-3)29(33)31-30-20-21-14-16-25(17-15-21)32(23-10-6-4-7-11-23)24-12-8-5-9-13-24/h4-20H,1-3H3,(H,31,33). The number of hydrogen-bond donors (Lipinski definition) is 1. The first-order chi connectivity index (χ1) is 17.6. The summed E-state index contributed by atoms with van der Waals surface area (Å²) < 4.78 is 15.9. The van der Waals surface area contributed by atoms with Gasteiger partial charge in [-0.15, -0.1) is 0 Å². The molecule has 0 aromatic heterocycles. The maximum atomic E-state index is 12.6. The van der Waals surface area contributed by atoms with Crippen molar-refractivity contribution in [2.24, 2.45) is 5.10 Å². The first kappa shape index (κ1) is 24.3. The van der Waals surface area contributed by atoms with Crippen LogP contribution in [0.5, 0.6) is 17.2 Å². The molecule has 1 N–H and O–H groups in total. The van der Waals surface area contributed by atoms with Gasteiger partial charge in [-0.25, -0.2) is 5.43 Å². The molecule has 4 aromatic rings. The van der Waals surface area contributed by atoms with Gasteiger partial charge in [0.25, 0.3) is 5.91 Å². The van der Waals surface area contributed by atoms with Gasteiger partial charge in [-0.05, 0) is 54.1 Å². The molecule has 0 fully saturated rings. The fourth-order valence-electron chi connectivity index (χ4n) is 3.75. The first-order valence-corrected chi connectivity index (χ1v) is 11.3. The highest BCUT2D eigenvalue weighted by Crippen LogP contribution is 2.38. The molecule has 7 nitrogen and oxygen atoms in total. The molecule has 0 atom stereocenters. The average Bonchev–Trinajstić information content (AvgIpc) is 2.94. The van der Waals surface area contributed by atoms with Crippen LogP contribution >= 0.6 is 0 Å². The second-order valence-corrected chi connectivity index (χ2v) is 7.71. The van der Waals surface area contributed by atoms with Gasteiger partial charge in [-0.1, -0.05) is 48.5 Å². The molecule has 0 bridgehead atoms. The van der Waals surface area contributed by atoms with E-state index >= 15 is 0 Å². The van der Waals surface area contributed by atoms with Crippen molar-refractivity contribution in [1.29, 1.82) is 0 Å². The van der Waals surface area contributed by atoms with Crippen molar-refractivity contribution in [2.75, 3.05) is 26.2 Å². The number of amides is 1. The molecule has 36 heavy (non-hydrogen) atoms. The van der Waals surface area contributed by atoms with Crippen LogP contribution in [0.25, 0.3) is 0 Å². The summed E-state index contributed by atoms with van der Waals surface area (Å²) in [4.78, 5) is 14.8. The Morgan fingerprint density at radius 1 is 0.722 bits per heavy atom. The van der Waals surface area contributed by atoms with Crippen molar-refractivity contribution in [3.63, 3.8) is 0 Å². The molecule has 0 aliphatic carbocycles. The van der Waals surface area contributed by atoms with Crippen LogP contribution in [0.3, 0.4) is 0 Å². The molecule has 0 unspecified atom stereocenters. The molecule has 0 aliphatic heterocycles. The molecule has 182 valence electrons. The van der Waals surface area contributed by atoms with Crippen LogP contribution in [0, 0.1) is 0 Å². The third-order valence-corrected chi connectivity index (χ3v) is 5.49. The number of benzene rings is 4. The number of nitrogens with zero attached hydrogens (tertiary/aromatic N) is 2. The second kappa shape index (κ2) is 11.6. The number of hydrazone groups is 1. The highest BCUT2D eigenvalue weighted by Gasteiger charge is 2.17. The Morgan fingerprint density at radius 3 is 1.69 bits per heavy atom. The number of methoxy groups -OCH3 is 3. The Bertz CT molecular complexity index is 1260. The largest absolute Gasteiger partial charge is 0.493 e. The number of para-hydroxylation sites is 2. The summed E-state index contributed by atoms with van der Waals surface area (Å²) in [6.07, 6.45) is 1.59. The van der Waals surface area contributed by atoms with Crippen LogP contribution < -0.4 is 24.5 Å². The Labute approximate surface area is 210 Å². The molecule has 0 heterocycles. The van der Waals surface area contributed by atoms with E-state index in [1.807, 2.05) is 60.7 Å². The normalized spacial score (nSPS) is 10.6. The van der Waals surface area contributed by atoms with Gasteiger partial charge in [-0.3, -0.25) is 4.79 Å². The second-order valence-electron chi connectivity index (χ2n) is 7.71. The number of anilines is 3. The molecular weight excluding hydrogens is 454 g/mol. The Hall–Kier alpha value is -4.78. The van der Waals surface area contributed by atoms with E-state index in [4.69, 9.17) is 14.2 Å². The molecule has 0 spiro atoms. The van der Waals surface area contributed by atoms with Gasteiger partial charge in [0.2, 0.25) is 5.75 Å². The van der Waals surface area contributed by atoms with Gasteiger partial charge in [0, 0.05) is 22.6 Å². The number of rotatable bonds is 9. The van der Waals surface area contributed by atoms with Gasteiger partial charge in [-0.2, -0.15) is 5.10 Å². The lowest BCUT2D eigenvalue weighted by molar-refractivity contribution is 0.0954. The molecule has 0 saturated carbocycles. The van der Waals surface area contributed by atoms with E-state index < -0.39 is 5.91 Å². The number of carbonyl (C=O) groups excluding carboxylic acids is 1. The third kappa shape index (κ3) is 5.47. The van der Waals surface area contributed by atoms with Gasteiger partial charge in [0.05, 0.1) is 27.5 Å². The molecule has 1 amide bonds. The van der Waals surface area contributed by atoms with Crippen molar-refractivity contribution in [3.8, 4) is 17.2 Å². The summed E-state index contributed by atoms with van der Waals surface area (Å²) >= 11 is 0. The SMILES string of the molecule is COc1cc(C(=O)NN=Cc2ccc(N(c3ccccc3)c3ccccc3)cc2)cc(OC)c1OC. The summed E-state index contributed by atoms with van der Waals surface area (Å²) in [5.74, 6) is 0.799. The van der Waals surface area contributed by atoms with Gasteiger partial charge < -0.3 is 19.1 Å². The molecule has 0 saturated heterocycles. The molecule has 7 heteroatoms. The zero-order chi connectivity index (χ0) is 25.3. The Morgan fingerprint density at radius 2 is 1.22 bits per heavy atom. The van der Waals surface area contributed by atoms with Gasteiger partial charge in [0.15, 0.2) is 11.5 Å². The fourth-order valence-corrected chi connectivity index (χ4v) is 3.75. The van der Waals surface area contributed by atoms with Crippen LogP contribution in [0.4, 0.5) is 17.1 Å². The maximum absolute atomic E-state index is 12.6. The topological polar surface area (TPSA) is 72.4 Å². The number of carbonyl (C=O) groups is 1. The monoisotopic (exact) mass is 481 g/mol. The van der Waals surface area contributed by atoms with E-state index in [-0.39, 0.29) is 0 Å².